The molecule has 0 saturated heterocycles. The van der Waals surface area contributed by atoms with E-state index in [1.807, 2.05) is 0 Å². The third-order valence-electron chi connectivity index (χ3n) is 3.13. The van der Waals surface area contributed by atoms with Gasteiger partial charge < -0.3 is 29.4 Å². The molecule has 0 saturated carbocycles. The molecular weight excluding hydrogens is 364 g/mol. The van der Waals surface area contributed by atoms with Crippen molar-refractivity contribution >= 4 is 23.7 Å². The topological polar surface area (TPSA) is 141 Å². The molecule has 1 heterocycles. The molecule has 1 aliphatic rings. The molecule has 1 rings (SSSR count). The van der Waals surface area contributed by atoms with Crippen LogP contribution in [0.25, 0.3) is 0 Å². The van der Waals surface area contributed by atoms with Crippen LogP contribution in [0.15, 0.2) is 12.2 Å². The van der Waals surface area contributed by atoms with Crippen molar-refractivity contribution in [2.75, 3.05) is 65.9 Å². The lowest BCUT2D eigenvalue weighted by molar-refractivity contribution is -0.144. The molecule has 0 atom stereocenters. The number of aliphatic carboxylic acids is 1. The highest BCUT2D eigenvalue weighted by Gasteiger charge is 2.22. The Kier molecular flexibility index (Phi) is 11.6. The molecule has 0 bridgehead atoms. The largest absolute Gasteiger partial charge is 0.480 e. The molecule has 0 radical (unpaired) electrons. The van der Waals surface area contributed by atoms with E-state index in [9.17, 15) is 19.2 Å². The first-order chi connectivity index (χ1) is 13.0. The maximum atomic E-state index is 11.3. The maximum Gasteiger partial charge on any atom is 0.329 e. The number of rotatable bonds is 16. The van der Waals surface area contributed by atoms with Gasteiger partial charge in [-0.25, -0.2) is 4.79 Å². The quantitative estimate of drug-likeness (QED) is 0.231. The van der Waals surface area contributed by atoms with Gasteiger partial charge in [-0.05, 0) is 0 Å². The molecule has 1 aliphatic heterocycles. The number of carbonyl (C=O) groups is 4. The summed E-state index contributed by atoms with van der Waals surface area (Å²) < 4.78 is 20.4. The van der Waals surface area contributed by atoms with E-state index in [1.165, 1.54) is 12.2 Å². The molecule has 0 unspecified atom stereocenters. The van der Waals surface area contributed by atoms with Crippen molar-refractivity contribution in [3.05, 3.63) is 12.2 Å². The zero-order valence-corrected chi connectivity index (χ0v) is 14.9. The standard InChI is InChI=1S/C16H24N2O9/c19-13(11-27-12-16(22)23)17-3-5-24-7-9-26-10-8-25-6-4-18-14(20)1-2-15(18)21/h1-2H,3-12H2,(H,17,19)(H,22,23). The van der Waals surface area contributed by atoms with Gasteiger partial charge in [0.15, 0.2) is 0 Å². The summed E-state index contributed by atoms with van der Waals surface area (Å²) in [6.45, 7) is 1.56. The van der Waals surface area contributed by atoms with Gasteiger partial charge in [-0.3, -0.25) is 19.3 Å². The van der Waals surface area contributed by atoms with Gasteiger partial charge in [0.1, 0.15) is 13.2 Å². The molecule has 0 aromatic carbocycles. The van der Waals surface area contributed by atoms with Crippen LogP contribution in [0, 0.1) is 0 Å². The number of carboxylic acid groups (broad SMARTS) is 1. The van der Waals surface area contributed by atoms with E-state index in [0.29, 0.717) is 26.4 Å². The van der Waals surface area contributed by atoms with Crippen LogP contribution < -0.4 is 5.32 Å². The summed E-state index contributed by atoms with van der Waals surface area (Å²) in [6.07, 6.45) is 2.45. The van der Waals surface area contributed by atoms with Crippen molar-refractivity contribution < 1.29 is 43.2 Å². The predicted octanol–water partition coefficient (Wildman–Crippen LogP) is -1.82. The summed E-state index contributed by atoms with van der Waals surface area (Å²) in [5.41, 5.74) is 0. The molecular formula is C16H24N2O9. The van der Waals surface area contributed by atoms with Gasteiger partial charge in [0, 0.05) is 18.7 Å². The molecule has 0 aliphatic carbocycles. The monoisotopic (exact) mass is 388 g/mol. The number of nitrogens with zero attached hydrogens (tertiary/aromatic N) is 1. The average Bonchev–Trinajstić information content (AvgIpc) is 2.94. The molecule has 2 N–H and O–H groups in total. The zero-order chi connectivity index (χ0) is 19.9. The van der Waals surface area contributed by atoms with E-state index in [2.05, 4.69) is 10.1 Å². The van der Waals surface area contributed by atoms with Crippen LogP contribution in [-0.4, -0.2) is 99.6 Å². The Bertz CT molecular complexity index is 518. The first kappa shape index (κ1) is 22.7. The SMILES string of the molecule is O=C(O)COCC(=O)NCCOCCOCCOCCN1C(=O)C=CC1=O. The van der Waals surface area contributed by atoms with Gasteiger partial charge in [0.05, 0.1) is 46.2 Å². The van der Waals surface area contributed by atoms with E-state index in [4.69, 9.17) is 19.3 Å². The van der Waals surface area contributed by atoms with Gasteiger partial charge in [-0.15, -0.1) is 0 Å². The van der Waals surface area contributed by atoms with Crippen LogP contribution in [0.5, 0.6) is 0 Å². The van der Waals surface area contributed by atoms with Gasteiger partial charge in [-0.1, -0.05) is 0 Å². The van der Waals surface area contributed by atoms with Crippen LogP contribution in [0.3, 0.4) is 0 Å². The zero-order valence-electron chi connectivity index (χ0n) is 14.9. The first-order valence-corrected chi connectivity index (χ1v) is 8.33. The number of ether oxygens (including phenoxy) is 4. The number of imide groups is 1. The van der Waals surface area contributed by atoms with E-state index in [0.717, 1.165) is 4.90 Å². The van der Waals surface area contributed by atoms with Crippen LogP contribution >= 0.6 is 0 Å². The van der Waals surface area contributed by atoms with Crippen LogP contribution in [0.2, 0.25) is 0 Å². The fraction of sp³-hybridized carbons (Fsp3) is 0.625. The predicted molar refractivity (Wildman–Crippen MR) is 89.8 cm³/mol. The Hall–Kier alpha value is -2.34. The summed E-state index contributed by atoms with van der Waals surface area (Å²) in [5.74, 6) is -2.21. The van der Waals surface area contributed by atoms with Crippen molar-refractivity contribution in [3.63, 3.8) is 0 Å². The fourth-order valence-electron chi connectivity index (χ4n) is 1.89. The molecule has 0 aromatic heterocycles. The van der Waals surface area contributed by atoms with Crippen molar-refractivity contribution in [2.45, 2.75) is 0 Å². The minimum atomic E-state index is -1.13. The Labute approximate surface area is 156 Å². The fourth-order valence-corrected chi connectivity index (χ4v) is 1.89. The Balaban J connectivity index is 1.80. The number of amides is 3. The lowest BCUT2D eigenvalue weighted by atomic mass is 10.5. The third kappa shape index (κ3) is 11.1. The van der Waals surface area contributed by atoms with Crippen LogP contribution in [-0.2, 0) is 38.1 Å². The minimum absolute atomic E-state index is 0.209. The second-order valence-corrected chi connectivity index (χ2v) is 5.24. The van der Waals surface area contributed by atoms with Crippen molar-refractivity contribution in [1.82, 2.24) is 10.2 Å². The highest BCUT2D eigenvalue weighted by Crippen LogP contribution is 2.02. The van der Waals surface area contributed by atoms with Crippen molar-refractivity contribution in [1.29, 1.82) is 0 Å². The summed E-state index contributed by atoms with van der Waals surface area (Å²) in [6, 6.07) is 0. The first-order valence-electron chi connectivity index (χ1n) is 8.33. The van der Waals surface area contributed by atoms with Crippen molar-refractivity contribution in [3.8, 4) is 0 Å². The Morgan fingerprint density at radius 1 is 0.852 bits per heavy atom. The van der Waals surface area contributed by atoms with E-state index >= 15 is 0 Å². The summed E-state index contributed by atoms with van der Waals surface area (Å²) >= 11 is 0. The van der Waals surface area contributed by atoms with Gasteiger partial charge in [-0.2, -0.15) is 0 Å². The van der Waals surface area contributed by atoms with E-state index in [-0.39, 0.29) is 44.7 Å². The average molecular weight is 388 g/mol. The lowest BCUT2D eigenvalue weighted by Gasteiger charge is -2.13. The number of nitrogens with one attached hydrogen (secondary N) is 1. The number of carboxylic acids is 1. The molecule has 11 heteroatoms. The molecule has 27 heavy (non-hydrogen) atoms. The second kappa shape index (κ2) is 13.8. The lowest BCUT2D eigenvalue weighted by Crippen LogP contribution is -2.33. The summed E-state index contributed by atoms with van der Waals surface area (Å²) in [5, 5.41) is 10.9. The molecule has 3 amide bonds. The minimum Gasteiger partial charge on any atom is -0.480 e. The second-order valence-electron chi connectivity index (χ2n) is 5.24. The summed E-state index contributed by atoms with van der Waals surface area (Å²) in [4.78, 5) is 45.1. The number of carbonyl (C=O) groups excluding carboxylic acids is 3. The molecule has 0 aromatic rings. The van der Waals surface area contributed by atoms with Gasteiger partial charge in [0.25, 0.3) is 11.8 Å². The van der Waals surface area contributed by atoms with Crippen LogP contribution in [0.1, 0.15) is 0 Å². The number of hydrogen-bond acceptors (Lipinski definition) is 8. The Morgan fingerprint density at radius 2 is 1.41 bits per heavy atom. The smallest absolute Gasteiger partial charge is 0.329 e. The highest BCUT2D eigenvalue weighted by molar-refractivity contribution is 6.12. The molecule has 0 spiro atoms. The molecule has 0 fully saturated rings. The van der Waals surface area contributed by atoms with Crippen molar-refractivity contribution in [2.24, 2.45) is 0 Å². The third-order valence-corrected chi connectivity index (χ3v) is 3.13. The maximum absolute atomic E-state index is 11.3. The number of hydrogen-bond donors (Lipinski definition) is 2. The highest BCUT2D eigenvalue weighted by atomic mass is 16.5. The van der Waals surface area contributed by atoms with Gasteiger partial charge >= 0.3 is 5.97 Å². The van der Waals surface area contributed by atoms with E-state index < -0.39 is 18.5 Å². The van der Waals surface area contributed by atoms with Crippen LogP contribution in [0.4, 0.5) is 0 Å². The Morgan fingerprint density at radius 3 is 2.00 bits per heavy atom. The molecule has 152 valence electrons. The summed E-state index contributed by atoms with van der Waals surface area (Å²) in [7, 11) is 0. The normalized spacial score (nSPS) is 13.4. The van der Waals surface area contributed by atoms with Gasteiger partial charge in [0.2, 0.25) is 5.91 Å². The molecule has 11 nitrogen and oxygen atoms in total. The van der Waals surface area contributed by atoms with E-state index in [1.54, 1.807) is 0 Å².